The maximum atomic E-state index is 14.4. The molecule has 0 heterocycles. The first-order valence-corrected chi connectivity index (χ1v) is 14.5. The van der Waals surface area contributed by atoms with Crippen molar-refractivity contribution in [2.45, 2.75) is 104 Å². The summed E-state index contributed by atoms with van der Waals surface area (Å²) in [6.45, 7) is 0. The lowest BCUT2D eigenvalue weighted by Crippen LogP contribution is -2.78. The Morgan fingerprint density at radius 1 is 0.564 bits per heavy atom. The van der Waals surface area contributed by atoms with Gasteiger partial charge in [0.1, 0.15) is 28.0 Å². The van der Waals surface area contributed by atoms with Crippen LogP contribution in [-0.2, 0) is 6.42 Å². The normalized spacial score (nSPS) is 44.9. The molecule has 0 radical (unpaired) electrons. The lowest BCUT2D eigenvalue weighted by Gasteiger charge is -2.51. The summed E-state index contributed by atoms with van der Waals surface area (Å²) in [5.74, 6) is -0.934. The minimum atomic E-state index is -2.94. The molecule has 2 spiro atoms. The highest BCUT2D eigenvalue weighted by molar-refractivity contribution is 6.07. The molecule has 0 saturated heterocycles. The first-order chi connectivity index (χ1) is 18.5. The van der Waals surface area contributed by atoms with Crippen LogP contribution in [0, 0.1) is 10.8 Å². The summed E-state index contributed by atoms with van der Waals surface area (Å²) in [6.07, 6.45) is 4.90. The van der Waals surface area contributed by atoms with Gasteiger partial charge >= 0.3 is 0 Å². The smallest absolute Gasteiger partial charge is 0.200 e. The molecule has 0 aromatic heterocycles. The molecule has 5 fully saturated rings. The van der Waals surface area contributed by atoms with Crippen molar-refractivity contribution in [1.29, 1.82) is 0 Å². The van der Waals surface area contributed by atoms with Crippen LogP contribution in [0.1, 0.15) is 80.1 Å². The van der Waals surface area contributed by atoms with E-state index in [1.54, 1.807) is 42.5 Å². The summed E-state index contributed by atoms with van der Waals surface area (Å²) < 4.78 is 0. The number of ketones is 1. The van der Waals surface area contributed by atoms with E-state index in [0.29, 0.717) is 31.2 Å². The average Bonchev–Trinajstić information content (AvgIpc) is 3.61. The molecule has 5 saturated carbocycles. The van der Waals surface area contributed by atoms with E-state index in [1.165, 1.54) is 12.1 Å². The maximum absolute atomic E-state index is 14.4. The van der Waals surface area contributed by atoms with Crippen LogP contribution in [0.3, 0.4) is 0 Å². The third-order valence-electron chi connectivity index (χ3n) is 12.0. The highest BCUT2D eigenvalue weighted by Crippen LogP contribution is 2.93. The Balaban J connectivity index is 1.53. The first kappa shape index (κ1) is 25.8. The van der Waals surface area contributed by atoms with Gasteiger partial charge in [0.25, 0.3) is 0 Å². The summed E-state index contributed by atoms with van der Waals surface area (Å²) in [4.78, 5) is 14.4. The highest BCUT2D eigenvalue weighted by Gasteiger charge is 3.15. The van der Waals surface area contributed by atoms with Crippen molar-refractivity contribution in [3.8, 4) is 0 Å². The molecule has 208 valence electrons. The van der Waals surface area contributed by atoms with Gasteiger partial charge in [-0.05, 0) is 31.2 Å². The van der Waals surface area contributed by atoms with E-state index in [1.807, 2.05) is 6.07 Å². The zero-order valence-electron chi connectivity index (χ0n) is 22.1. The van der Waals surface area contributed by atoms with E-state index in [9.17, 15) is 35.4 Å². The fourth-order valence-electron chi connectivity index (χ4n) is 10.5. The van der Waals surface area contributed by atoms with Crippen molar-refractivity contribution in [1.82, 2.24) is 0 Å². The number of hydrogen-bond donors (Lipinski definition) is 6. The van der Waals surface area contributed by atoms with Gasteiger partial charge in [0.2, 0.25) is 5.78 Å². The van der Waals surface area contributed by atoms with E-state index in [4.69, 9.17) is 0 Å². The first-order valence-electron chi connectivity index (χ1n) is 14.5. The van der Waals surface area contributed by atoms with Crippen LogP contribution < -0.4 is 0 Å². The summed E-state index contributed by atoms with van der Waals surface area (Å²) in [7, 11) is 0. The Morgan fingerprint density at radius 2 is 0.974 bits per heavy atom. The number of rotatable bonds is 4. The number of carbonyl (C=O) groups is 1. The molecule has 7 heteroatoms. The summed E-state index contributed by atoms with van der Waals surface area (Å²) in [5.41, 5.74) is -17.7. The lowest BCUT2D eigenvalue weighted by molar-refractivity contribution is -0.287. The predicted molar refractivity (Wildman–Crippen MR) is 142 cm³/mol. The minimum Gasteiger partial charge on any atom is -0.383 e. The highest BCUT2D eigenvalue weighted by atomic mass is 16.5. The molecular weight excluding hydrogens is 496 g/mol. The van der Waals surface area contributed by atoms with Crippen LogP contribution >= 0.6 is 0 Å². The quantitative estimate of drug-likeness (QED) is 0.331. The summed E-state index contributed by atoms with van der Waals surface area (Å²) >= 11 is 0. The van der Waals surface area contributed by atoms with Gasteiger partial charge in [-0.1, -0.05) is 99.2 Å². The lowest BCUT2D eigenvalue weighted by atomic mass is 9.64. The van der Waals surface area contributed by atoms with E-state index in [0.717, 1.165) is 12.8 Å². The second-order valence-corrected chi connectivity index (χ2v) is 13.1. The Morgan fingerprint density at radius 3 is 1.41 bits per heavy atom. The third-order valence-corrected chi connectivity index (χ3v) is 12.0. The fraction of sp³-hybridized carbons (Fsp3) is 0.594. The van der Waals surface area contributed by atoms with Crippen molar-refractivity contribution >= 4 is 5.78 Å². The van der Waals surface area contributed by atoms with Crippen molar-refractivity contribution in [2.24, 2.45) is 10.8 Å². The van der Waals surface area contributed by atoms with Crippen LogP contribution in [0.25, 0.3) is 0 Å². The Labute approximate surface area is 228 Å². The zero-order valence-corrected chi connectivity index (χ0v) is 22.1. The van der Waals surface area contributed by atoms with E-state index in [2.05, 4.69) is 0 Å². The average molecular weight is 535 g/mol. The molecule has 7 nitrogen and oxygen atoms in total. The third kappa shape index (κ3) is 2.26. The second kappa shape index (κ2) is 7.58. The van der Waals surface area contributed by atoms with Gasteiger partial charge in [0.05, 0.1) is 0 Å². The fourth-order valence-corrected chi connectivity index (χ4v) is 10.5. The standard InChI is InChI=1S/C32H38O7/c33-24(23-15-7-2-8-16-23)28(35)31(38)25(17-9-3-10-18-25)29(31,36)27(34,21-22-13-5-1-6-14-22)30(37)26(32(28,30)39)19-11-4-12-20-26/h1-2,5-8,13-16,34-39H,3-4,9-12,17-21H2/t27?,28?,29-,30+,31-,32-/m0/s1. The molecule has 2 aromatic rings. The molecule has 39 heavy (non-hydrogen) atoms. The molecule has 7 rings (SSSR count). The van der Waals surface area contributed by atoms with Gasteiger partial charge in [-0.2, -0.15) is 0 Å². The Kier molecular flexibility index (Phi) is 5.01. The molecule has 6 atom stereocenters. The zero-order chi connectivity index (χ0) is 27.6. The van der Waals surface area contributed by atoms with Crippen LogP contribution in [0.2, 0.25) is 0 Å². The van der Waals surface area contributed by atoms with Crippen molar-refractivity contribution in [3.05, 3.63) is 71.8 Å². The molecule has 0 bridgehead atoms. The number of carbonyl (C=O) groups excluding carboxylic acids is 1. The van der Waals surface area contributed by atoms with Gasteiger partial charge in [-0.15, -0.1) is 0 Å². The van der Waals surface area contributed by atoms with E-state index in [-0.39, 0.29) is 37.7 Å². The molecule has 0 aliphatic heterocycles. The van der Waals surface area contributed by atoms with Gasteiger partial charge in [-0.25, -0.2) is 0 Å². The van der Waals surface area contributed by atoms with Gasteiger partial charge < -0.3 is 30.6 Å². The summed E-state index contributed by atoms with van der Waals surface area (Å²) in [6, 6.07) is 16.9. The van der Waals surface area contributed by atoms with Crippen LogP contribution in [0.5, 0.6) is 0 Å². The van der Waals surface area contributed by atoms with Gasteiger partial charge in [0, 0.05) is 22.8 Å². The number of aliphatic hydroxyl groups is 6. The topological polar surface area (TPSA) is 138 Å². The van der Waals surface area contributed by atoms with Gasteiger partial charge in [0.15, 0.2) is 5.60 Å². The maximum Gasteiger partial charge on any atom is 0.200 e. The minimum absolute atomic E-state index is 0.0655. The SMILES string of the molecule is O=C(c1ccccc1)C1(O)[C@@]2(O)C3(CCCCC3)[C@]2(O)C(O)(Cc2ccccc2)[C@]2(O)C3(CCCCC3)[C@]12O. The molecule has 0 amide bonds. The Bertz CT molecular complexity index is 1260. The molecular formula is C32H38O7. The number of Topliss-reactive ketones (excluding diaryl/α,β-unsaturated/α-hetero) is 1. The predicted octanol–water partition coefficient (Wildman–Crippen LogP) is 2.44. The van der Waals surface area contributed by atoms with E-state index >= 15 is 0 Å². The molecule has 2 unspecified atom stereocenters. The van der Waals surface area contributed by atoms with Crippen molar-refractivity contribution in [2.75, 3.05) is 0 Å². The van der Waals surface area contributed by atoms with Gasteiger partial charge in [-0.3, -0.25) is 4.79 Å². The van der Waals surface area contributed by atoms with Crippen LogP contribution in [0.15, 0.2) is 60.7 Å². The molecule has 2 aromatic carbocycles. The number of benzene rings is 2. The van der Waals surface area contributed by atoms with Crippen LogP contribution in [0.4, 0.5) is 0 Å². The van der Waals surface area contributed by atoms with Crippen molar-refractivity contribution < 1.29 is 35.4 Å². The Hall–Kier alpha value is -2.13. The van der Waals surface area contributed by atoms with E-state index < -0.39 is 50.2 Å². The van der Waals surface area contributed by atoms with Crippen molar-refractivity contribution in [3.63, 3.8) is 0 Å². The second-order valence-electron chi connectivity index (χ2n) is 13.1. The number of fused-ring (bicyclic) bond motifs is 6. The number of hydrogen-bond acceptors (Lipinski definition) is 7. The monoisotopic (exact) mass is 534 g/mol. The van der Waals surface area contributed by atoms with Crippen LogP contribution in [-0.4, -0.2) is 70.0 Å². The summed E-state index contributed by atoms with van der Waals surface area (Å²) in [5, 5.41) is 76.9. The molecule has 5 aliphatic rings. The molecule has 6 N–H and O–H groups in total. The largest absolute Gasteiger partial charge is 0.383 e. The molecule has 5 aliphatic carbocycles.